The molecule has 28 heteroatoms. The van der Waals surface area contributed by atoms with E-state index in [1.54, 1.807) is 11.8 Å². The van der Waals surface area contributed by atoms with Crippen LogP contribution in [0.3, 0.4) is 0 Å². The van der Waals surface area contributed by atoms with Crippen molar-refractivity contribution in [3.63, 3.8) is 0 Å². The number of piperidine rings is 1. The molecule has 12 amide bonds. The van der Waals surface area contributed by atoms with Gasteiger partial charge in [-0.2, -0.15) is 13.2 Å². The van der Waals surface area contributed by atoms with E-state index in [4.69, 9.17) is 11.6 Å². The smallest absolute Gasteiger partial charge is 0.343 e. The lowest BCUT2D eigenvalue weighted by molar-refractivity contribution is -0.182. The fourth-order valence-electron chi connectivity index (χ4n) is 16.9. The first-order valence-electron chi connectivity index (χ1n) is 38.2. The van der Waals surface area contributed by atoms with Crippen LogP contribution in [0, 0.1) is 35.5 Å². The van der Waals surface area contributed by atoms with Gasteiger partial charge >= 0.3 is 6.18 Å². The minimum absolute atomic E-state index is 0.00226. The molecule has 0 aromatic carbocycles. The molecule has 0 bridgehead atoms. The zero-order valence-corrected chi connectivity index (χ0v) is 63.5. The van der Waals surface area contributed by atoms with Gasteiger partial charge in [0.25, 0.3) is 0 Å². The largest absolute Gasteiger partial charge is 0.393 e. The monoisotopic (exact) mass is 1460 g/mol. The number of amides is 12. The first-order chi connectivity index (χ1) is 48.2. The van der Waals surface area contributed by atoms with Crippen LogP contribution in [0.5, 0.6) is 0 Å². The molecule has 7 aliphatic rings. The SMILES string of the molecule is CC[C@H](C)[C@@H]1NC(=O)[C@H](CC(C)C)N(C)C(=O)C[C@@H](C(=O)N2CCCCC2)N(C)C(=O)[C@H](CC2CCCCC2)N(C)C(=O)C2(CCCC2)NC(=O)[C@@H]2CCCN2C(=O)[C@H](CCC2CCC(C(F)(F)F)C(Cl)C2)NC(=O)CN(C)C(=O)[C@H](CC2CCCCC2)N(C)C(=O)CN(C)C(=O)CN(C)C1=O. The topological polar surface area (TPSA) is 270 Å². The van der Waals surface area contributed by atoms with Crippen LogP contribution < -0.4 is 16.0 Å². The number of carbonyl (C=O) groups excluding carboxylic acids is 12. The molecule has 1 spiro atoms. The van der Waals surface area contributed by atoms with Gasteiger partial charge in [-0.25, -0.2) is 0 Å². The number of nitrogens with zero attached hydrogens (tertiary/aromatic N) is 9. The Hall–Kier alpha value is -6.28. The van der Waals surface area contributed by atoms with Gasteiger partial charge in [-0.15, -0.1) is 11.6 Å². The molecule has 3 heterocycles. The average Bonchev–Trinajstić information content (AvgIpc) is 1.51. The third-order valence-corrected chi connectivity index (χ3v) is 24.2. The molecule has 7 fully saturated rings. The summed E-state index contributed by atoms with van der Waals surface area (Å²) in [6.45, 7) is 6.60. The summed E-state index contributed by atoms with van der Waals surface area (Å²) in [7, 11) is 10.1. The Bertz CT molecular complexity index is 2940. The summed E-state index contributed by atoms with van der Waals surface area (Å²) in [6, 6.07) is -8.53. The summed E-state index contributed by atoms with van der Waals surface area (Å²) in [4.78, 5) is 192. The van der Waals surface area contributed by atoms with E-state index in [-0.39, 0.29) is 101 Å². The highest BCUT2D eigenvalue weighted by Gasteiger charge is 2.52. The van der Waals surface area contributed by atoms with Crippen molar-refractivity contribution in [2.45, 2.75) is 273 Å². The molecular weight excluding hydrogens is 1340 g/mol. The lowest BCUT2D eigenvalue weighted by atomic mass is 9.78. The summed E-state index contributed by atoms with van der Waals surface area (Å²) in [5.74, 6) is -10.1. The maximum atomic E-state index is 15.8. The predicted molar refractivity (Wildman–Crippen MR) is 379 cm³/mol. The minimum atomic E-state index is -4.51. The highest BCUT2D eigenvalue weighted by atomic mass is 35.5. The number of halogens is 4. The molecule has 0 aromatic heterocycles. The van der Waals surface area contributed by atoms with Crippen LogP contribution in [-0.2, 0) is 57.5 Å². The molecule has 24 nitrogen and oxygen atoms in total. The number of rotatable bonds is 12. The van der Waals surface area contributed by atoms with Gasteiger partial charge in [-0.05, 0) is 126 Å². The van der Waals surface area contributed by atoms with Crippen LogP contribution in [0.4, 0.5) is 13.2 Å². The lowest BCUT2D eigenvalue weighted by Crippen LogP contribution is -2.64. The van der Waals surface area contributed by atoms with Gasteiger partial charge in [0.05, 0.1) is 32.0 Å². The Balaban J connectivity index is 1.28. The molecular formula is C74H120ClF3N12O12. The highest BCUT2D eigenvalue weighted by molar-refractivity contribution is 6.21. The summed E-state index contributed by atoms with van der Waals surface area (Å²) >= 11 is 6.42. The maximum Gasteiger partial charge on any atom is 0.393 e. The van der Waals surface area contributed by atoms with E-state index < -0.39 is 168 Å². The van der Waals surface area contributed by atoms with Gasteiger partial charge in [0.1, 0.15) is 47.8 Å². The predicted octanol–water partition coefficient (Wildman–Crippen LogP) is 6.87. The molecule has 11 atom stereocenters. The fraction of sp³-hybridized carbons (Fsp3) is 0.838. The summed E-state index contributed by atoms with van der Waals surface area (Å²) in [6.07, 6.45) is 9.02. The molecule has 7 rings (SSSR count). The van der Waals surface area contributed by atoms with E-state index in [9.17, 15) is 41.9 Å². The number of alkyl halides is 4. The van der Waals surface area contributed by atoms with Crippen LogP contribution in [-0.4, -0.2) is 263 Å². The van der Waals surface area contributed by atoms with Crippen molar-refractivity contribution in [3.8, 4) is 0 Å². The van der Waals surface area contributed by atoms with Crippen molar-refractivity contribution in [1.29, 1.82) is 0 Å². The lowest BCUT2D eigenvalue weighted by Gasteiger charge is -2.42. The number of likely N-dealkylation sites (N-methyl/N-ethyl adjacent to an activating group) is 7. The van der Waals surface area contributed by atoms with E-state index >= 15 is 28.8 Å². The van der Waals surface area contributed by atoms with E-state index in [1.165, 1.54) is 78.7 Å². The average molecular weight is 1460 g/mol. The maximum absolute atomic E-state index is 15.8. The van der Waals surface area contributed by atoms with Gasteiger partial charge < -0.3 is 60.0 Å². The van der Waals surface area contributed by atoms with Crippen LogP contribution >= 0.6 is 11.6 Å². The van der Waals surface area contributed by atoms with E-state index in [2.05, 4.69) is 16.0 Å². The molecule has 3 unspecified atom stereocenters. The number of hydrogen-bond donors (Lipinski definition) is 3. The number of nitrogens with one attached hydrogen (secondary N) is 3. The highest BCUT2D eigenvalue weighted by Crippen LogP contribution is 2.44. The van der Waals surface area contributed by atoms with Crippen LogP contribution in [0.15, 0.2) is 0 Å². The number of fused-ring (bicyclic) bond motifs is 1. The fourth-order valence-corrected chi connectivity index (χ4v) is 17.4. The van der Waals surface area contributed by atoms with Crippen molar-refractivity contribution < 1.29 is 70.7 Å². The van der Waals surface area contributed by atoms with Gasteiger partial charge in [0, 0.05) is 74.3 Å². The van der Waals surface area contributed by atoms with Crippen molar-refractivity contribution in [2.24, 2.45) is 35.5 Å². The van der Waals surface area contributed by atoms with Gasteiger partial charge in [-0.1, -0.05) is 111 Å². The summed E-state index contributed by atoms with van der Waals surface area (Å²) in [5.41, 5.74) is -1.55. The molecule has 576 valence electrons. The standard InChI is InChI=1S/C74H120ClF3N12O12/c1-12-48(4)64-71(101)84(7)45-62(93)82(5)46-63(94)86(9)57(41-49-25-16-13-17-26-49)68(98)83(6)44-60(91)79-54(33-31-51-30-32-52(53(75)40-51)74(76,77)78)67(97)90-38-24-29-55(90)66(96)81-73(34-20-21-35-73)72(102)88(11)58(42-50-27-18-14-19-28-50)69(99)87(10)59(70(100)89-36-22-15-23-37-89)43-61(92)85(8)56(39-47(2)3)65(95)80-64/h47-59,64H,12-46H2,1-11H3,(H,79,91)(H,80,95)(H,81,96)/t48-,51?,52?,53?,54-,55-,56-,57-,58-,59-,64-/m0/s1. The van der Waals surface area contributed by atoms with Crippen LogP contribution in [0.1, 0.15) is 214 Å². The van der Waals surface area contributed by atoms with Gasteiger partial charge in [0.2, 0.25) is 70.9 Å². The van der Waals surface area contributed by atoms with Crippen molar-refractivity contribution >= 4 is 82.5 Å². The molecule has 3 saturated heterocycles. The minimum Gasteiger partial charge on any atom is -0.343 e. The van der Waals surface area contributed by atoms with Gasteiger partial charge in [0.15, 0.2) is 0 Å². The molecule has 4 saturated carbocycles. The Morgan fingerprint density at radius 1 is 0.549 bits per heavy atom. The van der Waals surface area contributed by atoms with Crippen molar-refractivity contribution in [3.05, 3.63) is 0 Å². The molecule has 4 aliphatic carbocycles. The first kappa shape index (κ1) is 83.0. The molecule has 3 N–H and O–H groups in total. The molecule has 0 aromatic rings. The second-order valence-electron chi connectivity index (χ2n) is 31.7. The molecule has 0 radical (unpaired) electrons. The Kier molecular flexibility index (Phi) is 30.6. The molecule has 3 aliphatic heterocycles. The van der Waals surface area contributed by atoms with Crippen molar-refractivity contribution in [2.75, 3.05) is 88.6 Å². The number of carbonyl (C=O) groups is 12. The number of likely N-dealkylation sites (tertiary alicyclic amines) is 1. The summed E-state index contributed by atoms with van der Waals surface area (Å²) in [5, 5.41) is 7.66. The van der Waals surface area contributed by atoms with E-state index in [0.717, 1.165) is 80.4 Å². The Morgan fingerprint density at radius 3 is 1.68 bits per heavy atom. The van der Waals surface area contributed by atoms with Crippen molar-refractivity contribution in [1.82, 2.24) is 60.0 Å². The normalized spacial score (nSPS) is 29.8. The molecule has 102 heavy (non-hydrogen) atoms. The quantitative estimate of drug-likeness (QED) is 0.169. The van der Waals surface area contributed by atoms with E-state index in [1.807, 2.05) is 20.8 Å². The first-order valence-corrected chi connectivity index (χ1v) is 38.6. The number of hydrogen-bond acceptors (Lipinski definition) is 12. The van der Waals surface area contributed by atoms with Gasteiger partial charge in [-0.3, -0.25) is 57.5 Å². The second-order valence-corrected chi connectivity index (χ2v) is 32.2. The zero-order valence-electron chi connectivity index (χ0n) is 62.8. The zero-order chi connectivity index (χ0) is 75.1. The Labute approximate surface area is 608 Å². The van der Waals surface area contributed by atoms with E-state index in [0.29, 0.717) is 51.6 Å². The summed E-state index contributed by atoms with van der Waals surface area (Å²) < 4.78 is 42.1. The van der Waals surface area contributed by atoms with Crippen LogP contribution in [0.2, 0.25) is 0 Å². The third-order valence-electron chi connectivity index (χ3n) is 23.7. The second kappa shape index (κ2) is 37.6. The Morgan fingerprint density at radius 2 is 1.11 bits per heavy atom. The third kappa shape index (κ3) is 21.5. The van der Waals surface area contributed by atoms with Crippen LogP contribution in [0.25, 0.3) is 0 Å².